The molecule has 0 aliphatic carbocycles. The first-order valence-corrected chi connectivity index (χ1v) is 7.75. The largest absolute Gasteiger partial charge is 0.455 e. The van der Waals surface area contributed by atoms with E-state index in [1.807, 2.05) is 0 Å². The third kappa shape index (κ3) is 4.04. The Kier molecular flexibility index (Phi) is 6.16. The zero-order valence-electron chi connectivity index (χ0n) is 13.9. The molecule has 0 aromatic carbocycles. The summed E-state index contributed by atoms with van der Waals surface area (Å²) in [4.78, 5) is 36.3. The van der Waals surface area contributed by atoms with Crippen LogP contribution in [0.5, 0.6) is 0 Å². The van der Waals surface area contributed by atoms with Crippen LogP contribution in [-0.4, -0.2) is 67.7 Å². The Morgan fingerprint density at radius 2 is 2.00 bits per heavy atom. The Bertz CT molecular complexity index is 532. The molecular formula is C15H21NO8. The summed E-state index contributed by atoms with van der Waals surface area (Å²) >= 11 is 0. The lowest BCUT2D eigenvalue weighted by Gasteiger charge is -2.35. The van der Waals surface area contributed by atoms with Gasteiger partial charge in [-0.15, -0.1) is 0 Å². The lowest BCUT2D eigenvalue weighted by Crippen LogP contribution is -2.49. The van der Waals surface area contributed by atoms with Crippen LogP contribution in [0.1, 0.15) is 20.8 Å². The minimum Gasteiger partial charge on any atom is -0.455 e. The van der Waals surface area contributed by atoms with E-state index in [9.17, 15) is 14.4 Å². The molecule has 2 rings (SSSR count). The maximum absolute atomic E-state index is 12.5. The molecule has 0 bridgehead atoms. The van der Waals surface area contributed by atoms with Gasteiger partial charge in [-0.25, -0.2) is 9.69 Å². The van der Waals surface area contributed by atoms with Gasteiger partial charge in [-0.3, -0.25) is 9.59 Å². The molecule has 0 N–H and O–H groups in total. The molecule has 0 saturated carbocycles. The van der Waals surface area contributed by atoms with Crippen molar-refractivity contribution in [1.82, 2.24) is 4.90 Å². The van der Waals surface area contributed by atoms with Crippen molar-refractivity contribution < 1.29 is 38.1 Å². The average Bonchev–Trinajstić information content (AvgIpc) is 2.95. The fraction of sp³-hybridized carbons (Fsp3) is 0.667. The van der Waals surface area contributed by atoms with E-state index < -0.39 is 36.5 Å². The first-order chi connectivity index (χ1) is 11.5. The molecule has 134 valence electrons. The molecular weight excluding hydrogens is 322 g/mol. The minimum absolute atomic E-state index is 0.103. The summed E-state index contributed by atoms with van der Waals surface area (Å²) in [6.07, 6.45) is -1.95. The standard InChI is InChI=1S/C15H21NO8/c1-4-20-10-8-11(13(18)16-6-7-22-15(16)19)24-14(21-5-2)12(10)23-9(3)17/h8,10,12,14H,4-7H2,1-3H3/t10-,12+,14-/m0/s1. The highest BCUT2D eigenvalue weighted by atomic mass is 16.7. The fourth-order valence-corrected chi connectivity index (χ4v) is 2.41. The molecule has 0 aromatic heterocycles. The van der Waals surface area contributed by atoms with Crippen LogP contribution in [0.4, 0.5) is 4.79 Å². The molecule has 0 radical (unpaired) electrons. The number of hydrogen-bond donors (Lipinski definition) is 0. The Labute approximate surface area is 139 Å². The number of amides is 2. The second-order valence-corrected chi connectivity index (χ2v) is 5.04. The maximum Gasteiger partial charge on any atom is 0.417 e. The van der Waals surface area contributed by atoms with Crippen molar-refractivity contribution in [3.63, 3.8) is 0 Å². The molecule has 0 aromatic rings. The quantitative estimate of drug-likeness (QED) is 0.646. The van der Waals surface area contributed by atoms with E-state index in [1.165, 1.54) is 13.0 Å². The van der Waals surface area contributed by atoms with Gasteiger partial charge in [0.15, 0.2) is 11.9 Å². The smallest absolute Gasteiger partial charge is 0.417 e. The molecule has 2 aliphatic rings. The van der Waals surface area contributed by atoms with Gasteiger partial charge in [0.2, 0.25) is 6.29 Å². The molecule has 0 spiro atoms. The van der Waals surface area contributed by atoms with Crippen molar-refractivity contribution in [1.29, 1.82) is 0 Å². The summed E-state index contributed by atoms with van der Waals surface area (Å²) < 4.78 is 26.5. The van der Waals surface area contributed by atoms with Crippen LogP contribution in [0.15, 0.2) is 11.8 Å². The predicted molar refractivity (Wildman–Crippen MR) is 78.6 cm³/mol. The Hall–Kier alpha value is -2.13. The van der Waals surface area contributed by atoms with Gasteiger partial charge in [0.25, 0.3) is 5.91 Å². The van der Waals surface area contributed by atoms with Gasteiger partial charge in [0.05, 0.1) is 6.54 Å². The van der Waals surface area contributed by atoms with Gasteiger partial charge in [-0.1, -0.05) is 0 Å². The van der Waals surface area contributed by atoms with Crippen LogP contribution in [-0.2, 0) is 33.3 Å². The number of cyclic esters (lactones) is 1. The number of carbonyl (C=O) groups excluding carboxylic acids is 3. The summed E-state index contributed by atoms with van der Waals surface area (Å²) in [6.45, 7) is 5.64. The molecule has 2 aliphatic heterocycles. The third-order valence-corrected chi connectivity index (χ3v) is 3.36. The average molecular weight is 343 g/mol. The van der Waals surface area contributed by atoms with E-state index in [1.54, 1.807) is 13.8 Å². The van der Waals surface area contributed by atoms with Crippen LogP contribution >= 0.6 is 0 Å². The number of imide groups is 1. The highest BCUT2D eigenvalue weighted by Crippen LogP contribution is 2.26. The summed E-state index contributed by atoms with van der Waals surface area (Å²) in [6, 6.07) is 0. The minimum atomic E-state index is -1.02. The van der Waals surface area contributed by atoms with Crippen molar-refractivity contribution >= 4 is 18.0 Å². The maximum atomic E-state index is 12.5. The van der Waals surface area contributed by atoms with Gasteiger partial charge >= 0.3 is 12.1 Å². The summed E-state index contributed by atoms with van der Waals surface area (Å²) in [5.74, 6) is -1.27. The fourth-order valence-electron chi connectivity index (χ4n) is 2.41. The van der Waals surface area contributed by atoms with Crippen molar-refractivity contribution in [2.75, 3.05) is 26.4 Å². The number of hydrogen-bond acceptors (Lipinski definition) is 8. The van der Waals surface area contributed by atoms with Crippen molar-refractivity contribution in [3.8, 4) is 0 Å². The summed E-state index contributed by atoms with van der Waals surface area (Å²) in [5.41, 5.74) is 0. The lowest BCUT2D eigenvalue weighted by atomic mass is 10.1. The molecule has 1 saturated heterocycles. The molecule has 3 atom stereocenters. The molecule has 9 heteroatoms. The highest BCUT2D eigenvalue weighted by Gasteiger charge is 2.42. The van der Waals surface area contributed by atoms with Gasteiger partial charge in [-0.05, 0) is 19.9 Å². The SMILES string of the molecule is CCO[C@H]1OC(C(=O)N2CCOC2=O)=C[C@H](OCC)[C@H]1OC(C)=O. The van der Waals surface area contributed by atoms with Crippen LogP contribution in [0.2, 0.25) is 0 Å². The van der Waals surface area contributed by atoms with Crippen LogP contribution < -0.4 is 0 Å². The van der Waals surface area contributed by atoms with E-state index in [0.717, 1.165) is 4.90 Å². The van der Waals surface area contributed by atoms with E-state index >= 15 is 0 Å². The summed E-state index contributed by atoms with van der Waals surface area (Å²) in [7, 11) is 0. The van der Waals surface area contributed by atoms with E-state index in [2.05, 4.69) is 0 Å². The topological polar surface area (TPSA) is 101 Å². The van der Waals surface area contributed by atoms with Gasteiger partial charge in [0.1, 0.15) is 12.7 Å². The Balaban J connectivity index is 2.25. The molecule has 24 heavy (non-hydrogen) atoms. The number of esters is 1. The highest BCUT2D eigenvalue weighted by molar-refractivity contribution is 6.01. The van der Waals surface area contributed by atoms with Crippen molar-refractivity contribution in [2.45, 2.75) is 39.3 Å². The Morgan fingerprint density at radius 1 is 1.29 bits per heavy atom. The number of nitrogens with zero attached hydrogens (tertiary/aromatic N) is 1. The molecule has 0 unspecified atom stereocenters. The first kappa shape index (κ1) is 18.2. The summed E-state index contributed by atoms with van der Waals surface area (Å²) in [5, 5.41) is 0. The zero-order valence-corrected chi connectivity index (χ0v) is 13.9. The number of ether oxygens (including phenoxy) is 5. The molecule has 2 amide bonds. The van der Waals surface area contributed by atoms with E-state index in [0.29, 0.717) is 6.61 Å². The monoisotopic (exact) mass is 343 g/mol. The predicted octanol–water partition coefficient (Wildman–Crippen LogP) is 0.579. The molecule has 9 nitrogen and oxygen atoms in total. The van der Waals surface area contributed by atoms with Gasteiger partial charge in [0, 0.05) is 20.1 Å². The molecule has 2 heterocycles. The molecule has 1 fully saturated rings. The third-order valence-electron chi connectivity index (χ3n) is 3.36. The number of rotatable bonds is 6. The Morgan fingerprint density at radius 3 is 2.54 bits per heavy atom. The van der Waals surface area contributed by atoms with Crippen LogP contribution in [0.3, 0.4) is 0 Å². The zero-order chi connectivity index (χ0) is 17.7. The van der Waals surface area contributed by atoms with Crippen molar-refractivity contribution in [2.24, 2.45) is 0 Å². The number of carbonyl (C=O) groups is 3. The second kappa shape index (κ2) is 8.11. The van der Waals surface area contributed by atoms with Gasteiger partial charge in [-0.2, -0.15) is 0 Å². The van der Waals surface area contributed by atoms with Crippen molar-refractivity contribution in [3.05, 3.63) is 11.8 Å². The van der Waals surface area contributed by atoms with E-state index in [-0.39, 0.29) is 25.5 Å². The normalized spacial score (nSPS) is 26.5. The van der Waals surface area contributed by atoms with Gasteiger partial charge < -0.3 is 23.7 Å². The second-order valence-electron chi connectivity index (χ2n) is 5.04. The first-order valence-electron chi connectivity index (χ1n) is 7.75. The van der Waals surface area contributed by atoms with E-state index in [4.69, 9.17) is 23.7 Å². The lowest BCUT2D eigenvalue weighted by molar-refractivity contribution is -0.222. The van der Waals surface area contributed by atoms with Crippen LogP contribution in [0.25, 0.3) is 0 Å². The van der Waals surface area contributed by atoms with Crippen LogP contribution in [0, 0.1) is 0 Å².